The maximum absolute atomic E-state index is 11.0. The van der Waals surface area contributed by atoms with E-state index in [4.69, 9.17) is 0 Å². The number of methoxy groups -OCH3 is 1. The quantitative estimate of drug-likeness (QED) is 0.685. The molecule has 1 aromatic rings. The second-order valence-electron chi connectivity index (χ2n) is 3.58. The monoisotopic (exact) mass is 192 g/mol. The second kappa shape index (κ2) is 5.43. The zero-order chi connectivity index (χ0) is 10.4. The summed E-state index contributed by atoms with van der Waals surface area (Å²) >= 11 is 0. The van der Waals surface area contributed by atoms with Crippen LogP contribution in [0.15, 0.2) is 30.3 Å². The molecule has 0 saturated heterocycles. The van der Waals surface area contributed by atoms with Gasteiger partial charge in [0, 0.05) is 6.42 Å². The van der Waals surface area contributed by atoms with Crippen molar-refractivity contribution in [1.29, 1.82) is 0 Å². The molecule has 1 atom stereocenters. The van der Waals surface area contributed by atoms with Gasteiger partial charge in [-0.05, 0) is 17.9 Å². The third-order valence-corrected chi connectivity index (χ3v) is 2.17. The molecule has 2 heteroatoms. The summed E-state index contributed by atoms with van der Waals surface area (Å²) in [6.45, 7) is 2.06. The molecule has 0 aliphatic rings. The van der Waals surface area contributed by atoms with Crippen molar-refractivity contribution in [3.63, 3.8) is 0 Å². The van der Waals surface area contributed by atoms with Gasteiger partial charge in [0.15, 0.2) is 0 Å². The van der Waals surface area contributed by atoms with Crippen LogP contribution < -0.4 is 0 Å². The Morgan fingerprint density at radius 3 is 2.57 bits per heavy atom. The number of benzene rings is 1. The Kier molecular flexibility index (Phi) is 4.17. The van der Waals surface area contributed by atoms with Crippen LogP contribution in [0.1, 0.15) is 18.9 Å². The van der Waals surface area contributed by atoms with Crippen molar-refractivity contribution in [2.45, 2.75) is 19.8 Å². The van der Waals surface area contributed by atoms with E-state index in [0.29, 0.717) is 12.3 Å². The Morgan fingerprint density at radius 1 is 1.36 bits per heavy atom. The molecule has 0 amide bonds. The predicted octanol–water partition coefficient (Wildman–Crippen LogP) is 2.43. The standard InChI is InChI=1S/C12H16O2/c1-10(9-12(13)14-2)8-11-6-4-3-5-7-11/h3-7,10H,8-9H2,1-2H3. The number of hydrogen-bond acceptors (Lipinski definition) is 2. The average molecular weight is 192 g/mol. The number of hydrogen-bond donors (Lipinski definition) is 0. The Labute approximate surface area is 84.9 Å². The molecule has 0 radical (unpaired) electrons. The van der Waals surface area contributed by atoms with Crippen molar-refractivity contribution in [2.75, 3.05) is 7.11 Å². The molecular formula is C12H16O2. The summed E-state index contributed by atoms with van der Waals surface area (Å²) in [5.41, 5.74) is 1.27. The molecule has 1 rings (SSSR count). The van der Waals surface area contributed by atoms with E-state index in [0.717, 1.165) is 6.42 Å². The van der Waals surface area contributed by atoms with Crippen LogP contribution in [0.3, 0.4) is 0 Å². The van der Waals surface area contributed by atoms with Crippen LogP contribution in [-0.2, 0) is 16.0 Å². The number of esters is 1. The molecule has 76 valence electrons. The van der Waals surface area contributed by atoms with Gasteiger partial charge in [0.25, 0.3) is 0 Å². The minimum atomic E-state index is -0.131. The highest BCUT2D eigenvalue weighted by Crippen LogP contribution is 2.11. The molecule has 0 bridgehead atoms. The van der Waals surface area contributed by atoms with Crippen LogP contribution in [0.2, 0.25) is 0 Å². The molecule has 0 saturated carbocycles. The SMILES string of the molecule is COC(=O)CC(C)Cc1ccccc1. The summed E-state index contributed by atoms with van der Waals surface area (Å²) in [6.07, 6.45) is 1.42. The number of rotatable bonds is 4. The van der Waals surface area contributed by atoms with Gasteiger partial charge in [0.05, 0.1) is 7.11 Å². The average Bonchev–Trinajstić information content (AvgIpc) is 2.19. The van der Waals surface area contributed by atoms with Gasteiger partial charge in [-0.3, -0.25) is 4.79 Å². The molecule has 0 N–H and O–H groups in total. The topological polar surface area (TPSA) is 26.3 Å². The van der Waals surface area contributed by atoms with E-state index in [2.05, 4.69) is 23.8 Å². The Morgan fingerprint density at radius 2 is 2.00 bits per heavy atom. The summed E-state index contributed by atoms with van der Waals surface area (Å²) in [4.78, 5) is 11.0. The first-order valence-electron chi connectivity index (χ1n) is 4.83. The van der Waals surface area contributed by atoms with Gasteiger partial charge in [0.2, 0.25) is 0 Å². The lowest BCUT2D eigenvalue weighted by molar-refractivity contribution is -0.141. The van der Waals surface area contributed by atoms with Gasteiger partial charge in [-0.2, -0.15) is 0 Å². The third-order valence-electron chi connectivity index (χ3n) is 2.17. The van der Waals surface area contributed by atoms with Crippen LogP contribution in [0.4, 0.5) is 0 Å². The second-order valence-corrected chi connectivity index (χ2v) is 3.58. The van der Waals surface area contributed by atoms with Gasteiger partial charge in [-0.1, -0.05) is 37.3 Å². The van der Waals surface area contributed by atoms with Gasteiger partial charge >= 0.3 is 5.97 Å². The van der Waals surface area contributed by atoms with Crippen LogP contribution >= 0.6 is 0 Å². The first-order valence-corrected chi connectivity index (χ1v) is 4.83. The number of carbonyl (C=O) groups excluding carboxylic acids is 1. The zero-order valence-corrected chi connectivity index (χ0v) is 8.69. The summed E-state index contributed by atoms with van der Waals surface area (Å²) in [6, 6.07) is 10.2. The molecule has 0 spiro atoms. The normalized spacial score (nSPS) is 12.1. The molecule has 0 aromatic heterocycles. The maximum Gasteiger partial charge on any atom is 0.305 e. The molecule has 0 heterocycles. The van der Waals surface area contributed by atoms with E-state index in [9.17, 15) is 4.79 Å². The van der Waals surface area contributed by atoms with Crippen LogP contribution in [-0.4, -0.2) is 13.1 Å². The molecule has 0 aliphatic heterocycles. The Balaban J connectivity index is 2.41. The van der Waals surface area contributed by atoms with E-state index in [-0.39, 0.29) is 5.97 Å². The number of carbonyl (C=O) groups is 1. The van der Waals surface area contributed by atoms with Crippen LogP contribution in [0, 0.1) is 5.92 Å². The van der Waals surface area contributed by atoms with Crippen LogP contribution in [0.5, 0.6) is 0 Å². The summed E-state index contributed by atoms with van der Waals surface area (Å²) in [5.74, 6) is 0.207. The van der Waals surface area contributed by atoms with Crippen molar-refractivity contribution >= 4 is 5.97 Å². The van der Waals surface area contributed by atoms with E-state index >= 15 is 0 Å². The minimum Gasteiger partial charge on any atom is -0.469 e. The largest absolute Gasteiger partial charge is 0.469 e. The predicted molar refractivity (Wildman–Crippen MR) is 55.9 cm³/mol. The molecule has 1 unspecified atom stereocenters. The molecule has 14 heavy (non-hydrogen) atoms. The first kappa shape index (κ1) is 10.8. The van der Waals surface area contributed by atoms with Gasteiger partial charge in [-0.15, -0.1) is 0 Å². The van der Waals surface area contributed by atoms with Crippen molar-refractivity contribution < 1.29 is 9.53 Å². The van der Waals surface area contributed by atoms with E-state index in [1.165, 1.54) is 12.7 Å². The molecule has 2 nitrogen and oxygen atoms in total. The lowest BCUT2D eigenvalue weighted by Gasteiger charge is -2.09. The molecule has 0 aliphatic carbocycles. The molecule has 1 aromatic carbocycles. The third kappa shape index (κ3) is 3.60. The van der Waals surface area contributed by atoms with Gasteiger partial charge in [-0.25, -0.2) is 0 Å². The Hall–Kier alpha value is -1.31. The minimum absolute atomic E-state index is 0.131. The summed E-state index contributed by atoms with van der Waals surface area (Å²) in [5, 5.41) is 0. The smallest absolute Gasteiger partial charge is 0.305 e. The van der Waals surface area contributed by atoms with Crippen LogP contribution in [0.25, 0.3) is 0 Å². The van der Waals surface area contributed by atoms with Gasteiger partial charge in [0.1, 0.15) is 0 Å². The lowest BCUT2D eigenvalue weighted by Crippen LogP contribution is -2.09. The summed E-state index contributed by atoms with van der Waals surface area (Å²) in [7, 11) is 1.43. The van der Waals surface area contributed by atoms with E-state index in [1.54, 1.807) is 0 Å². The van der Waals surface area contributed by atoms with Gasteiger partial charge < -0.3 is 4.74 Å². The van der Waals surface area contributed by atoms with Crippen molar-refractivity contribution in [3.05, 3.63) is 35.9 Å². The fraction of sp³-hybridized carbons (Fsp3) is 0.417. The maximum atomic E-state index is 11.0. The Bertz CT molecular complexity index is 280. The van der Waals surface area contributed by atoms with E-state index < -0.39 is 0 Å². The lowest BCUT2D eigenvalue weighted by atomic mass is 9.98. The number of ether oxygens (including phenoxy) is 1. The molecular weight excluding hydrogens is 176 g/mol. The highest BCUT2D eigenvalue weighted by atomic mass is 16.5. The van der Waals surface area contributed by atoms with E-state index in [1.807, 2.05) is 18.2 Å². The van der Waals surface area contributed by atoms with Crippen molar-refractivity contribution in [2.24, 2.45) is 5.92 Å². The highest BCUT2D eigenvalue weighted by molar-refractivity contribution is 5.69. The fourth-order valence-electron chi connectivity index (χ4n) is 1.46. The first-order chi connectivity index (χ1) is 6.72. The zero-order valence-electron chi connectivity index (χ0n) is 8.69. The van der Waals surface area contributed by atoms with Crippen molar-refractivity contribution in [1.82, 2.24) is 0 Å². The fourth-order valence-corrected chi connectivity index (χ4v) is 1.46. The van der Waals surface area contributed by atoms with Crippen molar-refractivity contribution in [3.8, 4) is 0 Å². The summed E-state index contributed by atoms with van der Waals surface area (Å²) < 4.78 is 4.62. The molecule has 0 fully saturated rings. The highest BCUT2D eigenvalue weighted by Gasteiger charge is 2.09.